The van der Waals surface area contributed by atoms with Crippen LogP contribution in [-0.4, -0.2) is 42.6 Å². The highest BCUT2D eigenvalue weighted by molar-refractivity contribution is 7.99. The molecule has 0 radical (unpaired) electrons. The maximum atomic E-state index is 5.83. The Balaban J connectivity index is 1.76. The molecule has 0 atom stereocenters. The SMILES string of the molecule is CC(C)(C)c1ccc(OCCN2CCSCC2)cc1. The highest BCUT2D eigenvalue weighted by Gasteiger charge is 2.13. The van der Waals surface area contributed by atoms with Gasteiger partial charge in [0.2, 0.25) is 0 Å². The number of thioether (sulfide) groups is 1. The molecule has 1 fully saturated rings. The largest absolute Gasteiger partial charge is 0.492 e. The van der Waals surface area contributed by atoms with Crippen LogP contribution in [0.1, 0.15) is 26.3 Å². The maximum absolute atomic E-state index is 5.83. The van der Waals surface area contributed by atoms with E-state index >= 15 is 0 Å². The third kappa shape index (κ3) is 4.73. The van der Waals surface area contributed by atoms with Gasteiger partial charge in [-0.2, -0.15) is 11.8 Å². The first-order chi connectivity index (χ1) is 9.05. The Labute approximate surface area is 121 Å². The predicted molar refractivity (Wildman–Crippen MR) is 84.4 cm³/mol. The molecule has 2 nitrogen and oxygen atoms in total. The second-order valence-corrected chi connectivity index (χ2v) is 7.30. The maximum Gasteiger partial charge on any atom is 0.119 e. The molecule has 0 aromatic heterocycles. The standard InChI is InChI=1S/C16H25NOS/c1-16(2,3)14-4-6-15(7-5-14)18-11-8-17-9-12-19-13-10-17/h4-7H,8-13H2,1-3H3. The van der Waals surface area contributed by atoms with E-state index in [2.05, 4.69) is 49.9 Å². The van der Waals surface area contributed by atoms with E-state index in [4.69, 9.17) is 4.74 Å². The minimum Gasteiger partial charge on any atom is -0.492 e. The van der Waals surface area contributed by atoms with Gasteiger partial charge < -0.3 is 4.74 Å². The molecule has 3 heteroatoms. The highest BCUT2D eigenvalue weighted by Crippen LogP contribution is 2.24. The number of hydrogen-bond donors (Lipinski definition) is 0. The van der Waals surface area contributed by atoms with Gasteiger partial charge >= 0.3 is 0 Å². The van der Waals surface area contributed by atoms with E-state index in [0.717, 1.165) is 18.9 Å². The molecule has 2 rings (SSSR count). The first-order valence-electron chi connectivity index (χ1n) is 7.09. The lowest BCUT2D eigenvalue weighted by atomic mass is 9.87. The Hall–Kier alpha value is -0.670. The zero-order valence-corrected chi connectivity index (χ0v) is 13.1. The van der Waals surface area contributed by atoms with Crippen LogP contribution in [-0.2, 0) is 5.41 Å². The number of hydrogen-bond acceptors (Lipinski definition) is 3. The van der Waals surface area contributed by atoms with Crippen LogP contribution in [0, 0.1) is 0 Å². The minimum absolute atomic E-state index is 0.212. The van der Waals surface area contributed by atoms with Crippen LogP contribution < -0.4 is 4.74 Å². The average molecular weight is 279 g/mol. The smallest absolute Gasteiger partial charge is 0.119 e. The average Bonchev–Trinajstić information content (AvgIpc) is 2.39. The van der Waals surface area contributed by atoms with Gasteiger partial charge in [-0.3, -0.25) is 4.90 Å². The van der Waals surface area contributed by atoms with Crippen molar-refractivity contribution in [1.29, 1.82) is 0 Å². The minimum atomic E-state index is 0.212. The Bertz CT molecular complexity index is 377. The summed E-state index contributed by atoms with van der Waals surface area (Å²) in [7, 11) is 0. The topological polar surface area (TPSA) is 12.5 Å². The van der Waals surface area contributed by atoms with Crippen LogP contribution >= 0.6 is 11.8 Å². The number of ether oxygens (including phenoxy) is 1. The third-order valence-electron chi connectivity index (χ3n) is 3.50. The molecule has 1 aromatic rings. The number of rotatable bonds is 4. The molecule has 1 aromatic carbocycles. The van der Waals surface area contributed by atoms with E-state index in [9.17, 15) is 0 Å². The summed E-state index contributed by atoms with van der Waals surface area (Å²) >= 11 is 2.05. The fourth-order valence-electron chi connectivity index (χ4n) is 2.17. The summed E-state index contributed by atoms with van der Waals surface area (Å²) in [5.41, 5.74) is 1.57. The molecule has 1 aliphatic rings. The van der Waals surface area contributed by atoms with Crippen molar-refractivity contribution in [3.63, 3.8) is 0 Å². The summed E-state index contributed by atoms with van der Waals surface area (Å²) in [5.74, 6) is 3.51. The number of nitrogens with zero attached hydrogens (tertiary/aromatic N) is 1. The summed E-state index contributed by atoms with van der Waals surface area (Å²) in [6.45, 7) is 10.9. The van der Waals surface area contributed by atoms with Crippen molar-refractivity contribution in [2.75, 3.05) is 37.7 Å². The van der Waals surface area contributed by atoms with Gasteiger partial charge in [0.1, 0.15) is 12.4 Å². The molecular formula is C16H25NOS. The van der Waals surface area contributed by atoms with Crippen LogP contribution in [0.4, 0.5) is 0 Å². The van der Waals surface area contributed by atoms with E-state index in [0.29, 0.717) is 0 Å². The zero-order chi connectivity index (χ0) is 13.7. The molecule has 0 saturated carbocycles. The van der Waals surface area contributed by atoms with Crippen LogP contribution in [0.2, 0.25) is 0 Å². The van der Waals surface area contributed by atoms with E-state index in [1.165, 1.54) is 30.2 Å². The molecule has 1 saturated heterocycles. The molecule has 0 unspecified atom stereocenters. The van der Waals surface area contributed by atoms with Crippen LogP contribution in [0.15, 0.2) is 24.3 Å². The molecule has 1 heterocycles. The van der Waals surface area contributed by atoms with E-state index in [1.807, 2.05) is 11.8 Å². The zero-order valence-electron chi connectivity index (χ0n) is 12.3. The van der Waals surface area contributed by atoms with Gasteiger partial charge in [-0.1, -0.05) is 32.9 Å². The fourth-order valence-corrected chi connectivity index (χ4v) is 3.15. The Morgan fingerprint density at radius 1 is 1.11 bits per heavy atom. The molecule has 0 amide bonds. The summed E-state index contributed by atoms with van der Waals surface area (Å²) in [6, 6.07) is 8.53. The highest BCUT2D eigenvalue weighted by atomic mass is 32.2. The third-order valence-corrected chi connectivity index (χ3v) is 4.44. The van der Waals surface area contributed by atoms with Gasteiger partial charge in [-0.15, -0.1) is 0 Å². The van der Waals surface area contributed by atoms with Crippen LogP contribution in [0.25, 0.3) is 0 Å². The van der Waals surface area contributed by atoms with Crippen LogP contribution in [0.5, 0.6) is 5.75 Å². The van der Waals surface area contributed by atoms with Crippen molar-refractivity contribution in [3.8, 4) is 5.75 Å². The lowest BCUT2D eigenvalue weighted by Gasteiger charge is -2.26. The number of benzene rings is 1. The lowest BCUT2D eigenvalue weighted by molar-refractivity contribution is 0.222. The van der Waals surface area contributed by atoms with Crippen molar-refractivity contribution in [3.05, 3.63) is 29.8 Å². The summed E-state index contributed by atoms with van der Waals surface area (Å²) in [5, 5.41) is 0. The Morgan fingerprint density at radius 3 is 2.32 bits per heavy atom. The van der Waals surface area contributed by atoms with Crippen molar-refractivity contribution in [2.45, 2.75) is 26.2 Å². The van der Waals surface area contributed by atoms with Crippen molar-refractivity contribution in [1.82, 2.24) is 4.90 Å². The first-order valence-corrected chi connectivity index (χ1v) is 8.24. The molecule has 0 spiro atoms. The van der Waals surface area contributed by atoms with Crippen molar-refractivity contribution >= 4 is 11.8 Å². The van der Waals surface area contributed by atoms with E-state index in [1.54, 1.807) is 0 Å². The molecule has 0 bridgehead atoms. The van der Waals surface area contributed by atoms with Gasteiger partial charge in [0, 0.05) is 31.1 Å². The summed E-state index contributed by atoms with van der Waals surface area (Å²) < 4.78 is 5.83. The summed E-state index contributed by atoms with van der Waals surface area (Å²) in [4.78, 5) is 2.49. The monoisotopic (exact) mass is 279 g/mol. The second kappa shape index (κ2) is 6.67. The van der Waals surface area contributed by atoms with Crippen molar-refractivity contribution < 1.29 is 4.74 Å². The van der Waals surface area contributed by atoms with E-state index in [-0.39, 0.29) is 5.41 Å². The van der Waals surface area contributed by atoms with Gasteiger partial charge in [0.15, 0.2) is 0 Å². The predicted octanol–water partition coefficient (Wildman–Crippen LogP) is 3.41. The first kappa shape index (κ1) is 14.7. The quantitative estimate of drug-likeness (QED) is 0.838. The fraction of sp³-hybridized carbons (Fsp3) is 0.625. The molecule has 19 heavy (non-hydrogen) atoms. The Kier molecular flexibility index (Phi) is 5.17. The lowest BCUT2D eigenvalue weighted by Crippen LogP contribution is -2.35. The molecule has 1 aliphatic heterocycles. The molecular weight excluding hydrogens is 254 g/mol. The molecule has 0 aliphatic carbocycles. The normalized spacial score (nSPS) is 17.4. The van der Waals surface area contributed by atoms with Gasteiger partial charge in [0.25, 0.3) is 0 Å². The molecule has 0 N–H and O–H groups in total. The van der Waals surface area contributed by atoms with Crippen molar-refractivity contribution in [2.24, 2.45) is 0 Å². The Morgan fingerprint density at radius 2 is 1.74 bits per heavy atom. The summed E-state index contributed by atoms with van der Waals surface area (Å²) in [6.07, 6.45) is 0. The van der Waals surface area contributed by atoms with Gasteiger partial charge in [-0.25, -0.2) is 0 Å². The van der Waals surface area contributed by atoms with Gasteiger partial charge in [0.05, 0.1) is 0 Å². The second-order valence-electron chi connectivity index (χ2n) is 6.08. The van der Waals surface area contributed by atoms with E-state index < -0.39 is 0 Å². The van der Waals surface area contributed by atoms with Crippen LogP contribution in [0.3, 0.4) is 0 Å². The molecule has 106 valence electrons. The van der Waals surface area contributed by atoms with Gasteiger partial charge in [-0.05, 0) is 23.1 Å².